The van der Waals surface area contributed by atoms with Crippen LogP contribution in [0.1, 0.15) is 6.92 Å². The van der Waals surface area contributed by atoms with Gasteiger partial charge in [-0.25, -0.2) is 4.68 Å². The summed E-state index contributed by atoms with van der Waals surface area (Å²) in [7, 11) is 0. The molecule has 6 nitrogen and oxygen atoms in total. The van der Waals surface area contributed by atoms with E-state index in [-0.39, 0.29) is 5.91 Å². The molecule has 3 rings (SSSR count). The third-order valence-corrected chi connectivity index (χ3v) is 5.72. The fraction of sp³-hybridized carbons (Fsp3) is 0.133. The van der Waals surface area contributed by atoms with Crippen molar-refractivity contribution in [2.45, 2.75) is 17.3 Å². The van der Waals surface area contributed by atoms with E-state index in [2.05, 4.69) is 15.5 Å². The van der Waals surface area contributed by atoms with Gasteiger partial charge in [0.2, 0.25) is 11.1 Å². The van der Waals surface area contributed by atoms with Gasteiger partial charge < -0.3 is 11.2 Å². The van der Waals surface area contributed by atoms with E-state index in [4.69, 9.17) is 29.0 Å². The average Bonchev–Trinajstić information content (AvgIpc) is 3.20. The third-order valence-electron chi connectivity index (χ3n) is 3.25. The highest BCUT2D eigenvalue weighted by atomic mass is 35.5. The lowest BCUT2D eigenvalue weighted by atomic mass is 10.3. The first-order valence-corrected chi connectivity index (χ1v) is 9.64. The molecule has 1 aromatic carbocycles. The number of nitrogens with one attached hydrogen (secondary N) is 1. The van der Waals surface area contributed by atoms with Crippen molar-refractivity contribution in [3.05, 3.63) is 45.8 Å². The Labute approximate surface area is 162 Å². The number of rotatable bonds is 5. The minimum Gasteiger partial charge on any atom is -0.335 e. The highest BCUT2D eigenvalue weighted by Crippen LogP contribution is 2.29. The molecule has 1 atom stereocenters. The smallest absolute Gasteiger partial charge is 0.237 e. The van der Waals surface area contributed by atoms with Crippen LogP contribution in [-0.2, 0) is 4.79 Å². The monoisotopic (exact) mass is 413 g/mol. The number of aromatic nitrogens is 3. The summed E-state index contributed by atoms with van der Waals surface area (Å²) in [6, 6.07) is 8.70. The zero-order chi connectivity index (χ0) is 18.0. The van der Waals surface area contributed by atoms with Crippen molar-refractivity contribution in [3.8, 4) is 10.7 Å². The lowest BCUT2D eigenvalue weighted by molar-refractivity contribution is -0.115. The molecule has 3 N–H and O–H groups in total. The van der Waals surface area contributed by atoms with Gasteiger partial charge in [0.1, 0.15) is 0 Å². The molecule has 0 aliphatic rings. The molecule has 0 spiro atoms. The van der Waals surface area contributed by atoms with Crippen LogP contribution < -0.4 is 11.2 Å². The van der Waals surface area contributed by atoms with Crippen molar-refractivity contribution in [1.29, 1.82) is 0 Å². The molecule has 0 saturated carbocycles. The maximum Gasteiger partial charge on any atom is 0.237 e. The van der Waals surface area contributed by atoms with Crippen molar-refractivity contribution in [2.24, 2.45) is 0 Å². The van der Waals surface area contributed by atoms with Gasteiger partial charge in [-0.05, 0) is 36.6 Å². The topological polar surface area (TPSA) is 85.8 Å². The summed E-state index contributed by atoms with van der Waals surface area (Å²) in [5, 5.41) is 13.7. The van der Waals surface area contributed by atoms with Crippen LogP contribution in [0.5, 0.6) is 0 Å². The highest BCUT2D eigenvalue weighted by molar-refractivity contribution is 8.00. The van der Waals surface area contributed by atoms with Crippen LogP contribution in [0.15, 0.2) is 40.9 Å². The Kier molecular flexibility index (Phi) is 5.53. The second kappa shape index (κ2) is 7.65. The molecule has 0 saturated heterocycles. The number of nitrogen functional groups attached to an aromatic ring is 1. The van der Waals surface area contributed by atoms with Crippen molar-refractivity contribution >= 4 is 57.9 Å². The number of hydrogen-bond acceptors (Lipinski definition) is 6. The molecule has 10 heteroatoms. The zero-order valence-electron chi connectivity index (χ0n) is 12.9. The maximum atomic E-state index is 12.4. The van der Waals surface area contributed by atoms with Gasteiger partial charge >= 0.3 is 0 Å². The Morgan fingerprint density at radius 2 is 2.16 bits per heavy atom. The van der Waals surface area contributed by atoms with Gasteiger partial charge in [-0.2, -0.15) is 0 Å². The molecule has 1 amide bonds. The van der Waals surface area contributed by atoms with E-state index < -0.39 is 5.25 Å². The Hall–Kier alpha value is -1.74. The van der Waals surface area contributed by atoms with Crippen molar-refractivity contribution < 1.29 is 4.79 Å². The van der Waals surface area contributed by atoms with E-state index in [1.165, 1.54) is 27.8 Å². The zero-order valence-corrected chi connectivity index (χ0v) is 16.1. The number of anilines is 1. The Bertz CT molecular complexity index is 897. The number of halogens is 2. The van der Waals surface area contributed by atoms with E-state index in [0.717, 1.165) is 4.88 Å². The number of nitrogens with two attached hydrogens (primary N) is 1. The average molecular weight is 414 g/mol. The fourth-order valence-corrected chi connectivity index (χ4v) is 3.90. The minimum absolute atomic E-state index is 0.227. The second-order valence-electron chi connectivity index (χ2n) is 5.03. The Balaban J connectivity index is 1.69. The summed E-state index contributed by atoms with van der Waals surface area (Å²) < 4.78 is 1.38. The lowest BCUT2D eigenvalue weighted by Crippen LogP contribution is -2.23. The molecule has 0 radical (unpaired) electrons. The van der Waals surface area contributed by atoms with Gasteiger partial charge in [0.25, 0.3) is 0 Å². The van der Waals surface area contributed by atoms with Crippen LogP contribution in [-0.4, -0.2) is 26.0 Å². The van der Waals surface area contributed by atoms with Gasteiger partial charge in [-0.3, -0.25) is 4.79 Å². The molecule has 25 heavy (non-hydrogen) atoms. The number of carbonyl (C=O) groups excluding carboxylic acids is 1. The van der Waals surface area contributed by atoms with Crippen molar-refractivity contribution in [1.82, 2.24) is 14.9 Å². The van der Waals surface area contributed by atoms with E-state index >= 15 is 0 Å². The summed E-state index contributed by atoms with van der Waals surface area (Å²) >= 11 is 14.7. The van der Waals surface area contributed by atoms with Crippen LogP contribution in [0.3, 0.4) is 0 Å². The van der Waals surface area contributed by atoms with Gasteiger partial charge in [-0.1, -0.05) is 41.0 Å². The summed E-state index contributed by atoms with van der Waals surface area (Å²) in [5.74, 6) is 6.38. The number of nitrogens with zero attached hydrogens (tertiary/aromatic N) is 3. The van der Waals surface area contributed by atoms with Gasteiger partial charge in [0.15, 0.2) is 5.82 Å². The summed E-state index contributed by atoms with van der Waals surface area (Å²) in [6.45, 7) is 1.75. The van der Waals surface area contributed by atoms with E-state index in [0.29, 0.717) is 26.7 Å². The molecule has 2 heterocycles. The lowest BCUT2D eigenvalue weighted by Gasteiger charge is -2.12. The van der Waals surface area contributed by atoms with Crippen LogP contribution in [0.25, 0.3) is 10.7 Å². The standard InChI is InChI=1S/C15H13Cl2N5OS2/c1-8(14(23)19-11-5-4-9(16)7-10(11)17)25-15-21-20-13(22(15)18)12-3-2-6-24-12/h2-8H,18H2,1H3,(H,19,23). The van der Waals surface area contributed by atoms with Gasteiger partial charge in [0.05, 0.1) is 20.8 Å². The normalized spacial score (nSPS) is 12.1. The maximum absolute atomic E-state index is 12.4. The highest BCUT2D eigenvalue weighted by Gasteiger charge is 2.21. The minimum atomic E-state index is -0.450. The first-order valence-electron chi connectivity index (χ1n) is 7.12. The first kappa shape index (κ1) is 18.1. The van der Waals surface area contributed by atoms with Gasteiger partial charge in [-0.15, -0.1) is 21.5 Å². The molecule has 3 aromatic rings. The molecule has 0 aliphatic heterocycles. The molecule has 130 valence electrons. The number of amides is 1. The Morgan fingerprint density at radius 1 is 1.36 bits per heavy atom. The number of thioether (sulfide) groups is 1. The van der Waals surface area contributed by atoms with Crippen LogP contribution in [0.2, 0.25) is 10.0 Å². The summed E-state index contributed by atoms with van der Waals surface area (Å²) in [5.41, 5.74) is 0.497. The molecule has 0 bridgehead atoms. The molecule has 1 unspecified atom stereocenters. The first-order chi connectivity index (χ1) is 12.0. The van der Waals surface area contributed by atoms with E-state index in [9.17, 15) is 4.79 Å². The number of hydrogen-bond donors (Lipinski definition) is 2. The molecule has 0 fully saturated rings. The summed E-state index contributed by atoms with van der Waals surface area (Å²) in [4.78, 5) is 13.3. The molecular formula is C15H13Cl2N5OS2. The predicted molar refractivity (Wildman–Crippen MR) is 104 cm³/mol. The fourth-order valence-electron chi connectivity index (χ4n) is 1.97. The van der Waals surface area contributed by atoms with E-state index in [1.807, 2.05) is 17.5 Å². The van der Waals surface area contributed by atoms with Crippen LogP contribution >= 0.6 is 46.3 Å². The van der Waals surface area contributed by atoms with Gasteiger partial charge in [0, 0.05) is 5.02 Å². The SMILES string of the molecule is CC(Sc1nnc(-c2cccs2)n1N)C(=O)Nc1ccc(Cl)cc1Cl. The van der Waals surface area contributed by atoms with Crippen molar-refractivity contribution in [2.75, 3.05) is 11.2 Å². The quantitative estimate of drug-likeness (QED) is 0.484. The Morgan fingerprint density at radius 3 is 2.84 bits per heavy atom. The molecule has 2 aromatic heterocycles. The second-order valence-corrected chi connectivity index (χ2v) is 8.13. The number of thiophene rings is 1. The van der Waals surface area contributed by atoms with Crippen LogP contribution in [0.4, 0.5) is 5.69 Å². The van der Waals surface area contributed by atoms with Crippen LogP contribution in [0, 0.1) is 0 Å². The predicted octanol–water partition coefficient (Wildman–Crippen LogP) is 4.15. The molecular weight excluding hydrogens is 401 g/mol. The van der Waals surface area contributed by atoms with E-state index in [1.54, 1.807) is 25.1 Å². The largest absolute Gasteiger partial charge is 0.335 e. The summed E-state index contributed by atoms with van der Waals surface area (Å²) in [6.07, 6.45) is 0. The number of benzene rings is 1. The van der Waals surface area contributed by atoms with Crippen molar-refractivity contribution in [3.63, 3.8) is 0 Å². The molecule has 0 aliphatic carbocycles. The number of carbonyl (C=O) groups is 1. The third kappa shape index (κ3) is 4.09.